The Kier molecular flexibility index (Phi) is 3.16. The number of carboxylic acid groups (broad SMARTS) is 1. The van der Waals surface area contributed by atoms with Gasteiger partial charge in [-0.2, -0.15) is 0 Å². The zero-order chi connectivity index (χ0) is 13.8. The van der Waals surface area contributed by atoms with Gasteiger partial charge in [-0.25, -0.2) is 0 Å². The predicted octanol–water partition coefficient (Wildman–Crippen LogP) is 2.92. The highest BCUT2D eigenvalue weighted by Crippen LogP contribution is 2.58. The van der Waals surface area contributed by atoms with Crippen LogP contribution in [-0.4, -0.2) is 22.3 Å². The second-order valence-electron chi connectivity index (χ2n) is 7.87. The van der Waals surface area contributed by atoms with E-state index < -0.39 is 17.5 Å². The first-order chi connectivity index (χ1) is 8.88. The van der Waals surface area contributed by atoms with Crippen LogP contribution in [0, 0.1) is 35.0 Å². The van der Waals surface area contributed by atoms with Crippen LogP contribution < -0.4 is 0 Å². The first kappa shape index (κ1) is 13.4. The molecule has 3 nitrogen and oxygen atoms in total. The van der Waals surface area contributed by atoms with E-state index in [1.54, 1.807) is 13.8 Å². The van der Waals surface area contributed by atoms with Gasteiger partial charge in [0.15, 0.2) is 0 Å². The Balaban J connectivity index is 1.69. The third-order valence-corrected chi connectivity index (χ3v) is 6.30. The summed E-state index contributed by atoms with van der Waals surface area (Å²) < 4.78 is 0. The molecular formula is C16H26O3. The maximum atomic E-state index is 11.2. The Bertz CT molecular complexity index is 346. The standard InChI is InChI=1S/C16H26O3/c1-16(2,15(18)19)14(17)8-13-11-4-9-3-10(6-11)7-12(13)5-9/h9-14,17H,3-8H2,1-2H3,(H,18,19). The molecule has 4 bridgehead atoms. The molecular weight excluding hydrogens is 240 g/mol. The molecule has 0 spiro atoms. The van der Waals surface area contributed by atoms with Crippen molar-refractivity contribution in [1.82, 2.24) is 0 Å². The average molecular weight is 266 g/mol. The Morgan fingerprint density at radius 1 is 1.11 bits per heavy atom. The van der Waals surface area contributed by atoms with Gasteiger partial charge in [0.25, 0.3) is 0 Å². The minimum atomic E-state index is -1.02. The van der Waals surface area contributed by atoms with E-state index in [1.807, 2.05) is 0 Å². The summed E-state index contributed by atoms with van der Waals surface area (Å²) in [6.07, 6.45) is 6.73. The Morgan fingerprint density at radius 2 is 1.58 bits per heavy atom. The molecule has 108 valence electrons. The number of rotatable bonds is 4. The molecule has 4 fully saturated rings. The zero-order valence-corrected chi connectivity index (χ0v) is 12.0. The van der Waals surface area contributed by atoms with Crippen molar-refractivity contribution in [3.8, 4) is 0 Å². The molecule has 19 heavy (non-hydrogen) atoms. The molecule has 0 heterocycles. The van der Waals surface area contributed by atoms with Crippen molar-refractivity contribution in [2.75, 3.05) is 0 Å². The van der Waals surface area contributed by atoms with Crippen LogP contribution in [0.4, 0.5) is 0 Å². The van der Waals surface area contributed by atoms with E-state index in [4.69, 9.17) is 0 Å². The minimum Gasteiger partial charge on any atom is -0.481 e. The predicted molar refractivity (Wildman–Crippen MR) is 72.6 cm³/mol. The number of aliphatic carboxylic acids is 1. The van der Waals surface area contributed by atoms with Gasteiger partial charge in [0.2, 0.25) is 0 Å². The van der Waals surface area contributed by atoms with Gasteiger partial charge in [0.05, 0.1) is 11.5 Å². The molecule has 0 radical (unpaired) electrons. The first-order valence-electron chi connectivity index (χ1n) is 7.79. The molecule has 4 aliphatic carbocycles. The van der Waals surface area contributed by atoms with Crippen LogP contribution in [0.2, 0.25) is 0 Å². The average Bonchev–Trinajstić information content (AvgIpc) is 2.32. The highest BCUT2D eigenvalue weighted by molar-refractivity contribution is 5.74. The number of carboxylic acids is 1. The molecule has 0 saturated heterocycles. The summed E-state index contributed by atoms with van der Waals surface area (Å²) in [5.74, 6) is 3.07. The Hall–Kier alpha value is -0.570. The fraction of sp³-hybridized carbons (Fsp3) is 0.938. The molecule has 4 rings (SSSR count). The van der Waals surface area contributed by atoms with Crippen LogP contribution >= 0.6 is 0 Å². The Labute approximate surface area is 115 Å². The fourth-order valence-corrected chi connectivity index (χ4v) is 5.12. The molecule has 3 heteroatoms. The zero-order valence-electron chi connectivity index (χ0n) is 12.0. The number of carbonyl (C=O) groups is 1. The molecule has 1 unspecified atom stereocenters. The molecule has 0 aromatic carbocycles. The van der Waals surface area contributed by atoms with Crippen molar-refractivity contribution in [3.05, 3.63) is 0 Å². The molecule has 0 amide bonds. The third-order valence-electron chi connectivity index (χ3n) is 6.30. The normalized spacial score (nSPS) is 42.4. The van der Waals surface area contributed by atoms with Crippen LogP contribution in [0.25, 0.3) is 0 Å². The van der Waals surface area contributed by atoms with Crippen molar-refractivity contribution in [3.63, 3.8) is 0 Å². The van der Waals surface area contributed by atoms with E-state index in [0.29, 0.717) is 12.3 Å². The van der Waals surface area contributed by atoms with Gasteiger partial charge in [0.1, 0.15) is 0 Å². The van der Waals surface area contributed by atoms with E-state index >= 15 is 0 Å². The highest BCUT2D eigenvalue weighted by Gasteiger charge is 2.49. The SMILES string of the molecule is CC(C)(C(=O)O)C(O)CC1C2CC3CC(C2)CC1C3. The van der Waals surface area contributed by atoms with Crippen molar-refractivity contribution < 1.29 is 15.0 Å². The largest absolute Gasteiger partial charge is 0.481 e. The van der Waals surface area contributed by atoms with Crippen molar-refractivity contribution in [2.45, 2.75) is 58.5 Å². The number of hydrogen-bond acceptors (Lipinski definition) is 2. The second kappa shape index (κ2) is 4.47. The second-order valence-corrected chi connectivity index (χ2v) is 7.87. The molecule has 4 aliphatic rings. The highest BCUT2D eigenvalue weighted by atomic mass is 16.4. The van der Waals surface area contributed by atoms with Gasteiger partial charge in [-0.1, -0.05) is 0 Å². The summed E-state index contributed by atoms with van der Waals surface area (Å²) in [5, 5.41) is 19.6. The summed E-state index contributed by atoms with van der Waals surface area (Å²) in [4.78, 5) is 11.2. The van der Waals surface area contributed by atoms with E-state index in [-0.39, 0.29) is 0 Å². The van der Waals surface area contributed by atoms with Crippen LogP contribution in [0.1, 0.15) is 52.4 Å². The fourth-order valence-electron chi connectivity index (χ4n) is 5.12. The smallest absolute Gasteiger partial charge is 0.311 e. The van der Waals surface area contributed by atoms with Crippen molar-refractivity contribution in [1.29, 1.82) is 0 Å². The van der Waals surface area contributed by atoms with Crippen LogP contribution in [0.3, 0.4) is 0 Å². The van der Waals surface area contributed by atoms with Gasteiger partial charge < -0.3 is 10.2 Å². The molecule has 1 atom stereocenters. The molecule has 4 saturated carbocycles. The summed E-state index contributed by atoms with van der Waals surface area (Å²) in [5.41, 5.74) is -1.02. The Morgan fingerprint density at radius 3 is 2.00 bits per heavy atom. The third kappa shape index (κ3) is 2.20. The van der Waals surface area contributed by atoms with E-state index in [1.165, 1.54) is 32.1 Å². The maximum absolute atomic E-state index is 11.2. The molecule has 2 N–H and O–H groups in total. The van der Waals surface area contributed by atoms with Gasteiger partial charge in [0, 0.05) is 0 Å². The van der Waals surface area contributed by atoms with Gasteiger partial charge in [-0.3, -0.25) is 4.79 Å². The van der Waals surface area contributed by atoms with Crippen molar-refractivity contribution in [2.24, 2.45) is 35.0 Å². The van der Waals surface area contributed by atoms with E-state index in [9.17, 15) is 15.0 Å². The van der Waals surface area contributed by atoms with Gasteiger partial charge in [-0.05, 0) is 82.0 Å². The summed E-state index contributed by atoms with van der Waals surface area (Å²) in [6, 6.07) is 0. The van der Waals surface area contributed by atoms with Crippen LogP contribution in [0.5, 0.6) is 0 Å². The number of aliphatic hydroxyl groups excluding tert-OH is 1. The summed E-state index contributed by atoms with van der Waals surface area (Å²) in [7, 11) is 0. The quantitative estimate of drug-likeness (QED) is 0.822. The first-order valence-corrected chi connectivity index (χ1v) is 7.79. The minimum absolute atomic E-state index is 0.571. The van der Waals surface area contributed by atoms with Crippen LogP contribution in [-0.2, 0) is 4.79 Å². The van der Waals surface area contributed by atoms with Gasteiger partial charge in [-0.15, -0.1) is 0 Å². The summed E-state index contributed by atoms with van der Waals surface area (Å²) in [6.45, 7) is 3.30. The van der Waals surface area contributed by atoms with E-state index in [2.05, 4.69) is 0 Å². The number of aliphatic hydroxyl groups is 1. The maximum Gasteiger partial charge on any atom is 0.311 e. The van der Waals surface area contributed by atoms with Crippen molar-refractivity contribution >= 4 is 5.97 Å². The lowest BCUT2D eigenvalue weighted by Gasteiger charge is -2.55. The molecule has 0 aliphatic heterocycles. The molecule has 0 aromatic rings. The molecule has 0 aromatic heterocycles. The summed E-state index contributed by atoms with van der Waals surface area (Å²) >= 11 is 0. The van der Waals surface area contributed by atoms with E-state index in [0.717, 1.165) is 23.7 Å². The van der Waals surface area contributed by atoms with Crippen LogP contribution in [0.15, 0.2) is 0 Å². The lowest BCUT2D eigenvalue weighted by Crippen LogP contribution is -2.48. The van der Waals surface area contributed by atoms with Gasteiger partial charge >= 0.3 is 5.97 Å². The lowest BCUT2D eigenvalue weighted by molar-refractivity contribution is -0.156. The lowest BCUT2D eigenvalue weighted by atomic mass is 9.50. The number of hydrogen-bond donors (Lipinski definition) is 2. The monoisotopic (exact) mass is 266 g/mol. The topological polar surface area (TPSA) is 57.5 Å².